The number of rotatable bonds is 8. The lowest BCUT2D eigenvalue weighted by Crippen LogP contribution is -2.45. The lowest BCUT2D eigenvalue weighted by atomic mass is 10.0. The van der Waals surface area contributed by atoms with Gasteiger partial charge in [-0.1, -0.05) is 13.8 Å². The van der Waals surface area contributed by atoms with Crippen LogP contribution in [-0.2, 0) is 11.2 Å². The molecule has 1 rings (SSSR count). The Morgan fingerprint density at radius 1 is 1.31 bits per heavy atom. The minimum Gasteiger partial charge on any atom is -0.444 e. The van der Waals surface area contributed by atoms with E-state index in [2.05, 4.69) is 46.3 Å². The molecule has 1 aromatic rings. The van der Waals surface area contributed by atoms with Gasteiger partial charge in [-0.25, -0.2) is 9.78 Å². The molecule has 0 aromatic carbocycles. The molecule has 0 radical (unpaired) electrons. The number of alkyl carbamates (subject to hydrolysis) is 1. The predicted octanol–water partition coefficient (Wildman–Crippen LogP) is 3.75. The first kappa shape index (κ1) is 25.2. The Balaban J connectivity index is 2.51. The van der Waals surface area contributed by atoms with Crippen molar-refractivity contribution in [1.29, 1.82) is 0 Å². The summed E-state index contributed by atoms with van der Waals surface area (Å²) >= 11 is 1.75. The van der Waals surface area contributed by atoms with E-state index in [0.29, 0.717) is 5.92 Å². The maximum atomic E-state index is 12.1. The third-order valence-electron chi connectivity index (χ3n) is 4.49. The van der Waals surface area contributed by atoms with E-state index < -0.39 is 5.60 Å². The average Bonchev–Trinajstić information content (AvgIpc) is 2.90. The Kier molecular flexibility index (Phi) is 9.89. The minimum absolute atomic E-state index is 0.0354. The minimum atomic E-state index is -0.497. The van der Waals surface area contributed by atoms with Crippen LogP contribution >= 0.6 is 11.3 Å². The third-order valence-corrected chi connectivity index (χ3v) is 5.62. The quantitative estimate of drug-likeness (QED) is 0.490. The lowest BCUT2D eigenvalue weighted by molar-refractivity contribution is 0.0486. The van der Waals surface area contributed by atoms with Crippen LogP contribution in [0.4, 0.5) is 4.79 Å². The summed E-state index contributed by atoms with van der Waals surface area (Å²) < 4.78 is 5.40. The fourth-order valence-corrected chi connectivity index (χ4v) is 3.88. The Labute approximate surface area is 180 Å². The van der Waals surface area contributed by atoms with Gasteiger partial charge < -0.3 is 20.3 Å². The number of carbonyl (C=O) groups is 1. The number of aliphatic imine (C=N–C) groups is 1. The van der Waals surface area contributed by atoms with E-state index in [1.165, 1.54) is 4.88 Å². The number of aryl methyl sites for hydroxylation is 2. The molecule has 1 unspecified atom stereocenters. The van der Waals surface area contributed by atoms with Gasteiger partial charge in [0.25, 0.3) is 0 Å². The van der Waals surface area contributed by atoms with Crippen molar-refractivity contribution in [1.82, 2.24) is 20.5 Å². The molecule has 0 aliphatic rings. The molecule has 7 nitrogen and oxygen atoms in total. The van der Waals surface area contributed by atoms with Crippen molar-refractivity contribution in [2.24, 2.45) is 10.9 Å². The van der Waals surface area contributed by atoms with Crippen molar-refractivity contribution in [3.8, 4) is 0 Å². The van der Waals surface area contributed by atoms with E-state index in [1.807, 2.05) is 34.7 Å². The molecule has 1 aromatic heterocycles. The van der Waals surface area contributed by atoms with Gasteiger partial charge in [-0.3, -0.25) is 4.99 Å². The highest BCUT2D eigenvalue weighted by Crippen LogP contribution is 2.17. The van der Waals surface area contributed by atoms with Crippen molar-refractivity contribution in [2.45, 2.75) is 73.0 Å². The summed E-state index contributed by atoms with van der Waals surface area (Å²) in [6.07, 6.45) is 1.37. The number of guanidine groups is 1. The molecule has 1 heterocycles. The van der Waals surface area contributed by atoms with Gasteiger partial charge in [0.1, 0.15) is 5.60 Å². The predicted molar refractivity (Wildman–Crippen MR) is 122 cm³/mol. The molecular weight excluding hydrogens is 386 g/mol. The summed E-state index contributed by atoms with van der Waals surface area (Å²) in [5, 5.41) is 7.53. The van der Waals surface area contributed by atoms with Crippen molar-refractivity contribution in [2.75, 3.05) is 27.2 Å². The molecule has 0 spiro atoms. The van der Waals surface area contributed by atoms with Gasteiger partial charge in [0.2, 0.25) is 0 Å². The highest BCUT2D eigenvalue weighted by atomic mass is 32.1. The number of hydrogen-bond acceptors (Lipinski definition) is 5. The van der Waals surface area contributed by atoms with E-state index in [4.69, 9.17) is 4.74 Å². The zero-order chi connectivity index (χ0) is 22.2. The first-order valence-electron chi connectivity index (χ1n) is 10.3. The topological polar surface area (TPSA) is 78.9 Å². The molecule has 166 valence electrons. The maximum absolute atomic E-state index is 12.1. The van der Waals surface area contributed by atoms with E-state index >= 15 is 0 Å². The van der Waals surface area contributed by atoms with Crippen molar-refractivity contribution >= 4 is 23.4 Å². The molecule has 0 fully saturated rings. The van der Waals surface area contributed by atoms with E-state index in [-0.39, 0.29) is 12.1 Å². The second kappa shape index (κ2) is 11.4. The molecule has 0 saturated heterocycles. The molecule has 8 heteroatoms. The Morgan fingerprint density at radius 2 is 1.97 bits per heavy atom. The number of carbonyl (C=O) groups excluding carboxylic acids is 1. The first-order chi connectivity index (χ1) is 13.4. The van der Waals surface area contributed by atoms with Crippen LogP contribution in [-0.4, -0.2) is 60.8 Å². The van der Waals surface area contributed by atoms with E-state index in [9.17, 15) is 4.79 Å². The highest BCUT2D eigenvalue weighted by Gasteiger charge is 2.22. The van der Waals surface area contributed by atoms with Gasteiger partial charge in [-0.05, 0) is 47.0 Å². The Bertz CT molecular complexity index is 679. The number of nitrogens with zero attached hydrogens (tertiary/aromatic N) is 3. The van der Waals surface area contributed by atoms with Gasteiger partial charge >= 0.3 is 6.09 Å². The van der Waals surface area contributed by atoms with Crippen LogP contribution in [0.5, 0.6) is 0 Å². The number of thiazole rings is 1. The molecule has 0 aliphatic carbocycles. The van der Waals surface area contributed by atoms with E-state index in [1.54, 1.807) is 18.4 Å². The van der Waals surface area contributed by atoms with Crippen LogP contribution in [0.15, 0.2) is 4.99 Å². The fourth-order valence-electron chi connectivity index (χ4n) is 2.95. The standard InChI is InChI=1S/C21H39N5O2S/c1-14(2)17(25-20(27)28-21(5,6)7)11-13-26(9)19(22-8)23-12-10-18-15(3)24-16(4)29-18/h14,17H,10-13H2,1-9H3,(H,22,23)(H,25,27). The number of ether oxygens (including phenoxy) is 1. The summed E-state index contributed by atoms with van der Waals surface area (Å²) in [4.78, 5) is 24.4. The second-order valence-corrected chi connectivity index (χ2v) is 9.96. The van der Waals surface area contributed by atoms with Gasteiger partial charge in [-0.15, -0.1) is 11.3 Å². The highest BCUT2D eigenvalue weighted by molar-refractivity contribution is 7.11. The number of nitrogens with one attached hydrogen (secondary N) is 2. The van der Waals surface area contributed by atoms with Crippen LogP contribution in [0.3, 0.4) is 0 Å². The monoisotopic (exact) mass is 425 g/mol. The SMILES string of the molecule is CN=C(NCCc1sc(C)nc1C)N(C)CCC(NC(=O)OC(C)(C)C)C(C)C. The Hall–Kier alpha value is -1.83. The molecule has 0 bridgehead atoms. The van der Waals surface area contributed by atoms with Crippen molar-refractivity contribution in [3.05, 3.63) is 15.6 Å². The number of amides is 1. The largest absolute Gasteiger partial charge is 0.444 e. The van der Waals surface area contributed by atoms with Crippen LogP contribution in [0, 0.1) is 19.8 Å². The molecular formula is C21H39N5O2S. The molecule has 29 heavy (non-hydrogen) atoms. The van der Waals surface area contributed by atoms with Gasteiger partial charge in [0, 0.05) is 44.5 Å². The molecule has 1 atom stereocenters. The number of hydrogen-bond donors (Lipinski definition) is 2. The zero-order valence-electron chi connectivity index (χ0n) is 19.5. The van der Waals surface area contributed by atoms with E-state index in [0.717, 1.165) is 42.6 Å². The summed E-state index contributed by atoms with van der Waals surface area (Å²) in [5.74, 6) is 1.16. The van der Waals surface area contributed by atoms with Crippen LogP contribution in [0.2, 0.25) is 0 Å². The summed E-state index contributed by atoms with van der Waals surface area (Å²) in [5.41, 5.74) is 0.620. The van der Waals surface area contributed by atoms with Crippen LogP contribution in [0.25, 0.3) is 0 Å². The summed E-state index contributed by atoms with van der Waals surface area (Å²) in [7, 11) is 3.81. The third kappa shape index (κ3) is 9.47. The zero-order valence-corrected chi connectivity index (χ0v) is 20.4. The Morgan fingerprint density at radius 3 is 2.45 bits per heavy atom. The normalized spacial score (nSPS) is 13.4. The fraction of sp³-hybridized carbons (Fsp3) is 0.762. The summed E-state index contributed by atoms with van der Waals surface area (Å²) in [6, 6.07) is 0.0354. The molecule has 0 saturated carbocycles. The summed E-state index contributed by atoms with van der Waals surface area (Å²) in [6.45, 7) is 15.5. The first-order valence-corrected chi connectivity index (χ1v) is 11.1. The van der Waals surface area contributed by atoms with Crippen molar-refractivity contribution in [3.63, 3.8) is 0 Å². The average molecular weight is 426 g/mol. The van der Waals surface area contributed by atoms with Gasteiger partial charge in [0.05, 0.1) is 10.7 Å². The van der Waals surface area contributed by atoms with Crippen molar-refractivity contribution < 1.29 is 9.53 Å². The second-order valence-electron chi connectivity index (χ2n) is 8.67. The van der Waals surface area contributed by atoms with Crippen LogP contribution < -0.4 is 10.6 Å². The van der Waals surface area contributed by atoms with Gasteiger partial charge in [-0.2, -0.15) is 0 Å². The smallest absolute Gasteiger partial charge is 0.407 e. The number of aromatic nitrogens is 1. The molecule has 2 N–H and O–H groups in total. The molecule has 1 amide bonds. The maximum Gasteiger partial charge on any atom is 0.407 e. The van der Waals surface area contributed by atoms with Crippen LogP contribution in [0.1, 0.15) is 56.6 Å². The lowest BCUT2D eigenvalue weighted by Gasteiger charge is -2.28. The van der Waals surface area contributed by atoms with Gasteiger partial charge in [0.15, 0.2) is 5.96 Å². The molecule has 0 aliphatic heterocycles.